The minimum Gasteiger partial charge on any atom is -0.493 e. The number of methoxy groups -OCH3 is 1. The lowest BCUT2D eigenvalue weighted by molar-refractivity contribution is -0.0512. The molecule has 0 N–H and O–H groups in total. The molecule has 0 aliphatic rings. The molecule has 2 rings (SSSR count). The zero-order valence-electron chi connectivity index (χ0n) is 13.6. The smallest absolute Gasteiger partial charge is 0.387 e. The molecule has 2 aromatic rings. The summed E-state index contributed by atoms with van der Waals surface area (Å²) in [5, 5.41) is 0. The van der Waals surface area contributed by atoms with E-state index in [0.29, 0.717) is 11.1 Å². The molecule has 0 aliphatic carbocycles. The van der Waals surface area contributed by atoms with Gasteiger partial charge in [0.1, 0.15) is 6.61 Å². The Morgan fingerprint density at radius 3 is 2.54 bits per heavy atom. The molecule has 0 atom stereocenters. The van der Waals surface area contributed by atoms with Crippen LogP contribution in [0.25, 0.3) is 0 Å². The molecule has 0 saturated carbocycles. The molecule has 4 nitrogen and oxygen atoms in total. The lowest BCUT2D eigenvalue weighted by Crippen LogP contribution is -2.08. The molecular weight excluding hydrogens is 318 g/mol. The first-order valence-electron chi connectivity index (χ1n) is 7.27. The SMILES string of the molecule is COc1cc(COC(=O)c2cccc(C)c2C)ccc1OC(F)F. The van der Waals surface area contributed by atoms with Crippen molar-refractivity contribution in [2.45, 2.75) is 27.1 Å². The number of hydrogen-bond donors (Lipinski definition) is 0. The highest BCUT2D eigenvalue weighted by atomic mass is 19.3. The van der Waals surface area contributed by atoms with Crippen LogP contribution in [-0.4, -0.2) is 19.7 Å². The van der Waals surface area contributed by atoms with E-state index in [2.05, 4.69) is 4.74 Å². The minimum absolute atomic E-state index is 0.00245. The summed E-state index contributed by atoms with van der Waals surface area (Å²) < 4.78 is 39.3. The summed E-state index contributed by atoms with van der Waals surface area (Å²) >= 11 is 0. The van der Waals surface area contributed by atoms with Crippen molar-refractivity contribution in [1.29, 1.82) is 0 Å². The number of aryl methyl sites for hydroxylation is 1. The molecule has 0 radical (unpaired) electrons. The molecule has 0 bridgehead atoms. The maximum Gasteiger partial charge on any atom is 0.387 e. The van der Waals surface area contributed by atoms with E-state index in [4.69, 9.17) is 9.47 Å². The second-order valence-corrected chi connectivity index (χ2v) is 5.19. The molecule has 2 aromatic carbocycles. The van der Waals surface area contributed by atoms with Crippen LogP contribution < -0.4 is 9.47 Å². The standard InChI is InChI=1S/C18H18F2O4/c1-11-5-4-6-14(12(11)2)17(21)23-10-13-7-8-15(24-18(19)20)16(9-13)22-3/h4-9,18H,10H2,1-3H3. The molecule has 128 valence electrons. The van der Waals surface area contributed by atoms with E-state index in [9.17, 15) is 13.6 Å². The molecule has 0 unspecified atom stereocenters. The summed E-state index contributed by atoms with van der Waals surface area (Å²) in [6.45, 7) is 0.827. The van der Waals surface area contributed by atoms with E-state index in [0.717, 1.165) is 11.1 Å². The molecule has 6 heteroatoms. The fraction of sp³-hybridized carbons (Fsp3) is 0.278. The molecule has 0 heterocycles. The number of carbonyl (C=O) groups is 1. The second kappa shape index (κ2) is 7.77. The van der Waals surface area contributed by atoms with Gasteiger partial charge in [-0.15, -0.1) is 0 Å². The molecule has 24 heavy (non-hydrogen) atoms. The van der Waals surface area contributed by atoms with Crippen molar-refractivity contribution in [3.63, 3.8) is 0 Å². The van der Waals surface area contributed by atoms with E-state index < -0.39 is 12.6 Å². The Balaban J connectivity index is 2.09. The third-order valence-electron chi connectivity index (χ3n) is 3.64. The third-order valence-corrected chi connectivity index (χ3v) is 3.64. The number of esters is 1. The maximum atomic E-state index is 12.3. The minimum atomic E-state index is -2.94. The van der Waals surface area contributed by atoms with Crippen molar-refractivity contribution in [3.05, 3.63) is 58.7 Å². The lowest BCUT2D eigenvalue weighted by Gasteiger charge is -2.12. The van der Waals surface area contributed by atoms with E-state index in [1.54, 1.807) is 12.1 Å². The van der Waals surface area contributed by atoms with E-state index in [1.807, 2.05) is 19.9 Å². The maximum absolute atomic E-state index is 12.3. The van der Waals surface area contributed by atoms with Crippen LogP contribution >= 0.6 is 0 Å². The lowest BCUT2D eigenvalue weighted by atomic mass is 10.0. The van der Waals surface area contributed by atoms with Crippen molar-refractivity contribution >= 4 is 5.97 Å². The number of halogens is 2. The molecule has 0 saturated heterocycles. The van der Waals surface area contributed by atoms with Gasteiger partial charge in [-0.1, -0.05) is 18.2 Å². The Bertz CT molecular complexity index is 729. The van der Waals surface area contributed by atoms with Crippen LogP contribution in [0.15, 0.2) is 36.4 Å². The topological polar surface area (TPSA) is 44.8 Å². The Morgan fingerprint density at radius 2 is 1.88 bits per heavy atom. The Hall–Kier alpha value is -2.63. The summed E-state index contributed by atoms with van der Waals surface area (Å²) in [6.07, 6.45) is 0. The van der Waals surface area contributed by atoms with Gasteiger partial charge >= 0.3 is 12.6 Å². The van der Waals surface area contributed by atoms with Crippen molar-refractivity contribution in [1.82, 2.24) is 0 Å². The highest BCUT2D eigenvalue weighted by molar-refractivity contribution is 5.91. The number of ether oxygens (including phenoxy) is 3. The fourth-order valence-electron chi connectivity index (χ4n) is 2.19. The normalized spacial score (nSPS) is 10.6. The van der Waals surface area contributed by atoms with Crippen LogP contribution in [-0.2, 0) is 11.3 Å². The average Bonchev–Trinajstić information content (AvgIpc) is 2.55. The Labute approximate surface area is 139 Å². The predicted molar refractivity (Wildman–Crippen MR) is 84.7 cm³/mol. The molecule has 0 spiro atoms. The van der Waals surface area contributed by atoms with Crippen LogP contribution in [0.2, 0.25) is 0 Å². The van der Waals surface area contributed by atoms with Gasteiger partial charge in [0, 0.05) is 0 Å². The first-order valence-corrected chi connectivity index (χ1v) is 7.27. The molecular formula is C18H18F2O4. The van der Waals surface area contributed by atoms with Gasteiger partial charge < -0.3 is 14.2 Å². The van der Waals surface area contributed by atoms with Gasteiger partial charge in [0.05, 0.1) is 12.7 Å². The Kier molecular flexibility index (Phi) is 5.73. The van der Waals surface area contributed by atoms with Crippen LogP contribution in [0.3, 0.4) is 0 Å². The highest BCUT2D eigenvalue weighted by Gasteiger charge is 2.14. The summed E-state index contributed by atoms with van der Waals surface area (Å²) in [5.74, 6) is -0.365. The molecule has 0 aromatic heterocycles. The molecule has 0 amide bonds. The largest absolute Gasteiger partial charge is 0.493 e. The van der Waals surface area contributed by atoms with E-state index >= 15 is 0 Å². The molecule has 0 fully saturated rings. The van der Waals surface area contributed by atoms with Gasteiger partial charge in [0.25, 0.3) is 0 Å². The van der Waals surface area contributed by atoms with Gasteiger partial charge in [-0.05, 0) is 48.7 Å². The summed E-state index contributed by atoms with van der Waals surface area (Å²) in [5.41, 5.74) is 2.96. The third kappa shape index (κ3) is 4.22. The van der Waals surface area contributed by atoms with Crippen molar-refractivity contribution < 1.29 is 27.8 Å². The van der Waals surface area contributed by atoms with E-state index in [-0.39, 0.29) is 18.1 Å². The van der Waals surface area contributed by atoms with Gasteiger partial charge in [-0.3, -0.25) is 0 Å². The monoisotopic (exact) mass is 336 g/mol. The van der Waals surface area contributed by atoms with Crippen LogP contribution in [0.5, 0.6) is 11.5 Å². The predicted octanol–water partition coefficient (Wildman–Crippen LogP) is 4.27. The average molecular weight is 336 g/mol. The van der Waals surface area contributed by atoms with Crippen molar-refractivity contribution in [2.24, 2.45) is 0 Å². The summed E-state index contributed by atoms with van der Waals surface area (Å²) in [4.78, 5) is 12.2. The number of benzene rings is 2. The van der Waals surface area contributed by atoms with E-state index in [1.165, 1.54) is 25.3 Å². The summed E-state index contributed by atoms with van der Waals surface area (Å²) in [6, 6.07) is 9.79. The first kappa shape index (κ1) is 17.7. The number of carbonyl (C=O) groups excluding carboxylic acids is 1. The fourth-order valence-corrected chi connectivity index (χ4v) is 2.19. The van der Waals surface area contributed by atoms with Crippen LogP contribution in [0.4, 0.5) is 8.78 Å². The molecule has 0 aliphatic heterocycles. The van der Waals surface area contributed by atoms with Gasteiger partial charge in [0.2, 0.25) is 0 Å². The van der Waals surface area contributed by atoms with Gasteiger partial charge in [-0.2, -0.15) is 8.78 Å². The van der Waals surface area contributed by atoms with Crippen LogP contribution in [0.1, 0.15) is 27.0 Å². The quantitative estimate of drug-likeness (QED) is 0.739. The zero-order chi connectivity index (χ0) is 17.7. The van der Waals surface area contributed by atoms with Crippen molar-refractivity contribution in [2.75, 3.05) is 7.11 Å². The second-order valence-electron chi connectivity index (χ2n) is 5.19. The zero-order valence-corrected chi connectivity index (χ0v) is 13.6. The Morgan fingerprint density at radius 1 is 1.12 bits per heavy atom. The highest BCUT2D eigenvalue weighted by Crippen LogP contribution is 2.29. The first-order chi connectivity index (χ1) is 11.4. The van der Waals surface area contributed by atoms with Gasteiger partial charge in [-0.25, -0.2) is 4.79 Å². The summed E-state index contributed by atoms with van der Waals surface area (Å²) in [7, 11) is 1.35. The number of hydrogen-bond acceptors (Lipinski definition) is 4. The number of alkyl halides is 2. The van der Waals surface area contributed by atoms with Crippen molar-refractivity contribution in [3.8, 4) is 11.5 Å². The number of rotatable bonds is 6. The van der Waals surface area contributed by atoms with Gasteiger partial charge in [0.15, 0.2) is 11.5 Å². The van der Waals surface area contributed by atoms with Crippen LogP contribution in [0, 0.1) is 13.8 Å².